The molecule has 1 saturated heterocycles. The summed E-state index contributed by atoms with van der Waals surface area (Å²) in [6, 6.07) is 10.5. The molecule has 1 heterocycles. The fourth-order valence-electron chi connectivity index (χ4n) is 3.17. The Hall–Kier alpha value is -1.35. The van der Waals surface area contributed by atoms with Crippen LogP contribution in [0.15, 0.2) is 30.3 Å². The van der Waals surface area contributed by atoms with E-state index in [4.69, 9.17) is 4.74 Å². The fourth-order valence-corrected chi connectivity index (χ4v) is 3.17. The molecule has 0 N–H and O–H groups in total. The van der Waals surface area contributed by atoms with Crippen molar-refractivity contribution in [3.8, 4) is 0 Å². The SMILES string of the molecule is CCCC1(C(=O)OCC)CCN(Cc2ccccc2)C1. The maximum atomic E-state index is 12.3. The summed E-state index contributed by atoms with van der Waals surface area (Å²) in [4.78, 5) is 14.7. The summed E-state index contributed by atoms with van der Waals surface area (Å²) in [6.07, 6.45) is 2.88. The highest BCUT2D eigenvalue weighted by atomic mass is 16.5. The van der Waals surface area contributed by atoms with Gasteiger partial charge in [-0.2, -0.15) is 0 Å². The van der Waals surface area contributed by atoms with Gasteiger partial charge in [-0.1, -0.05) is 43.7 Å². The number of hydrogen-bond acceptors (Lipinski definition) is 3. The third kappa shape index (κ3) is 3.40. The van der Waals surface area contributed by atoms with Gasteiger partial charge in [-0.25, -0.2) is 0 Å². The molecule has 0 amide bonds. The number of benzene rings is 1. The maximum Gasteiger partial charge on any atom is 0.313 e. The van der Waals surface area contributed by atoms with Crippen molar-refractivity contribution >= 4 is 5.97 Å². The summed E-state index contributed by atoms with van der Waals surface area (Å²) in [5, 5.41) is 0. The van der Waals surface area contributed by atoms with Crippen LogP contribution in [-0.4, -0.2) is 30.6 Å². The van der Waals surface area contributed by atoms with Crippen LogP contribution in [-0.2, 0) is 16.1 Å². The molecule has 0 aromatic heterocycles. The number of esters is 1. The molecule has 1 aliphatic rings. The number of hydrogen-bond donors (Lipinski definition) is 0. The number of ether oxygens (including phenoxy) is 1. The van der Waals surface area contributed by atoms with E-state index in [-0.39, 0.29) is 11.4 Å². The number of rotatable bonds is 6. The number of likely N-dealkylation sites (tertiary alicyclic amines) is 1. The normalized spacial score (nSPS) is 22.9. The predicted octanol–water partition coefficient (Wildman–Crippen LogP) is 3.24. The molecule has 1 fully saturated rings. The van der Waals surface area contributed by atoms with E-state index in [0.717, 1.165) is 38.9 Å². The Balaban J connectivity index is 2.02. The highest BCUT2D eigenvalue weighted by Gasteiger charge is 2.44. The molecule has 0 spiro atoms. The average molecular weight is 275 g/mol. The predicted molar refractivity (Wildman–Crippen MR) is 80.3 cm³/mol. The van der Waals surface area contributed by atoms with Crippen LogP contribution < -0.4 is 0 Å². The van der Waals surface area contributed by atoms with Crippen LogP contribution in [0.25, 0.3) is 0 Å². The van der Waals surface area contributed by atoms with Gasteiger partial charge in [0, 0.05) is 13.1 Å². The summed E-state index contributed by atoms with van der Waals surface area (Å²) in [7, 11) is 0. The van der Waals surface area contributed by atoms with Crippen molar-refractivity contribution in [2.75, 3.05) is 19.7 Å². The second-order valence-electron chi connectivity index (χ2n) is 5.70. The molecule has 20 heavy (non-hydrogen) atoms. The zero-order valence-electron chi connectivity index (χ0n) is 12.6. The van der Waals surface area contributed by atoms with E-state index < -0.39 is 0 Å². The smallest absolute Gasteiger partial charge is 0.313 e. The third-order valence-electron chi connectivity index (χ3n) is 4.12. The van der Waals surface area contributed by atoms with E-state index in [2.05, 4.69) is 36.1 Å². The van der Waals surface area contributed by atoms with E-state index >= 15 is 0 Å². The molecule has 1 aliphatic heterocycles. The Bertz CT molecular complexity index is 432. The zero-order chi connectivity index (χ0) is 14.4. The van der Waals surface area contributed by atoms with Crippen molar-refractivity contribution in [1.29, 1.82) is 0 Å². The molecule has 110 valence electrons. The minimum Gasteiger partial charge on any atom is -0.466 e. The molecule has 1 atom stereocenters. The van der Waals surface area contributed by atoms with E-state index in [1.807, 2.05) is 13.0 Å². The van der Waals surface area contributed by atoms with Crippen LogP contribution in [0.5, 0.6) is 0 Å². The van der Waals surface area contributed by atoms with Gasteiger partial charge < -0.3 is 4.74 Å². The summed E-state index contributed by atoms with van der Waals surface area (Å²) in [6.45, 7) is 7.23. The second kappa shape index (κ2) is 6.89. The first-order valence-corrected chi connectivity index (χ1v) is 7.63. The average Bonchev–Trinajstić information content (AvgIpc) is 2.85. The molecule has 0 saturated carbocycles. The van der Waals surface area contributed by atoms with Gasteiger partial charge in [-0.15, -0.1) is 0 Å². The van der Waals surface area contributed by atoms with E-state index in [1.54, 1.807) is 0 Å². The zero-order valence-corrected chi connectivity index (χ0v) is 12.6. The first-order valence-electron chi connectivity index (χ1n) is 7.63. The molecular formula is C17H25NO2. The van der Waals surface area contributed by atoms with Crippen LogP contribution in [0.2, 0.25) is 0 Å². The van der Waals surface area contributed by atoms with Crippen molar-refractivity contribution in [3.05, 3.63) is 35.9 Å². The van der Waals surface area contributed by atoms with Gasteiger partial charge in [-0.05, 0) is 31.9 Å². The quantitative estimate of drug-likeness (QED) is 0.746. The van der Waals surface area contributed by atoms with Crippen LogP contribution in [0.1, 0.15) is 38.7 Å². The monoisotopic (exact) mass is 275 g/mol. The van der Waals surface area contributed by atoms with E-state index in [9.17, 15) is 4.79 Å². The molecule has 2 rings (SSSR count). The molecule has 1 aromatic rings. The van der Waals surface area contributed by atoms with Crippen molar-refractivity contribution in [1.82, 2.24) is 4.90 Å². The fraction of sp³-hybridized carbons (Fsp3) is 0.588. The largest absolute Gasteiger partial charge is 0.466 e. The Morgan fingerprint density at radius 3 is 2.70 bits per heavy atom. The molecule has 3 nitrogen and oxygen atoms in total. The highest BCUT2D eigenvalue weighted by molar-refractivity contribution is 5.77. The third-order valence-corrected chi connectivity index (χ3v) is 4.12. The molecule has 1 aromatic carbocycles. The Labute approximate surface area is 121 Å². The molecule has 0 aliphatic carbocycles. The van der Waals surface area contributed by atoms with Gasteiger partial charge in [-0.3, -0.25) is 9.69 Å². The standard InChI is InChI=1S/C17H25NO2/c1-3-10-17(16(19)20-4-2)11-12-18(14-17)13-15-8-6-5-7-9-15/h5-9H,3-4,10-14H2,1-2H3. The van der Waals surface area contributed by atoms with Gasteiger partial charge >= 0.3 is 5.97 Å². The van der Waals surface area contributed by atoms with Crippen LogP contribution >= 0.6 is 0 Å². The number of carbonyl (C=O) groups excluding carboxylic acids is 1. The Morgan fingerprint density at radius 2 is 2.05 bits per heavy atom. The molecule has 0 radical (unpaired) electrons. The number of carbonyl (C=O) groups is 1. The van der Waals surface area contributed by atoms with Gasteiger partial charge in [0.25, 0.3) is 0 Å². The lowest BCUT2D eigenvalue weighted by atomic mass is 9.82. The second-order valence-corrected chi connectivity index (χ2v) is 5.70. The molecular weight excluding hydrogens is 250 g/mol. The van der Waals surface area contributed by atoms with E-state index in [0.29, 0.717) is 6.61 Å². The maximum absolute atomic E-state index is 12.3. The topological polar surface area (TPSA) is 29.5 Å². The van der Waals surface area contributed by atoms with Crippen molar-refractivity contribution in [2.24, 2.45) is 5.41 Å². The summed E-state index contributed by atoms with van der Waals surface area (Å²) < 4.78 is 5.31. The van der Waals surface area contributed by atoms with Crippen LogP contribution in [0.3, 0.4) is 0 Å². The van der Waals surface area contributed by atoms with Crippen molar-refractivity contribution in [3.63, 3.8) is 0 Å². The lowest BCUT2D eigenvalue weighted by Crippen LogP contribution is -2.36. The molecule has 3 heteroatoms. The lowest BCUT2D eigenvalue weighted by Gasteiger charge is -2.26. The number of nitrogens with zero attached hydrogens (tertiary/aromatic N) is 1. The van der Waals surface area contributed by atoms with Gasteiger partial charge in [0.05, 0.1) is 12.0 Å². The van der Waals surface area contributed by atoms with E-state index in [1.165, 1.54) is 5.56 Å². The summed E-state index contributed by atoms with van der Waals surface area (Å²) in [5.41, 5.74) is 1.03. The molecule has 0 bridgehead atoms. The van der Waals surface area contributed by atoms with Crippen LogP contribution in [0, 0.1) is 5.41 Å². The van der Waals surface area contributed by atoms with Gasteiger partial charge in [0.2, 0.25) is 0 Å². The van der Waals surface area contributed by atoms with Crippen molar-refractivity contribution in [2.45, 2.75) is 39.7 Å². The minimum absolute atomic E-state index is 0.00240. The summed E-state index contributed by atoms with van der Waals surface area (Å²) >= 11 is 0. The van der Waals surface area contributed by atoms with Crippen molar-refractivity contribution < 1.29 is 9.53 Å². The van der Waals surface area contributed by atoms with Gasteiger partial charge in [0.1, 0.15) is 0 Å². The lowest BCUT2D eigenvalue weighted by molar-refractivity contribution is -0.155. The van der Waals surface area contributed by atoms with Crippen LogP contribution in [0.4, 0.5) is 0 Å². The Morgan fingerprint density at radius 1 is 1.30 bits per heavy atom. The van der Waals surface area contributed by atoms with Gasteiger partial charge in [0.15, 0.2) is 0 Å². The first-order chi connectivity index (χ1) is 9.70. The minimum atomic E-state index is -0.278. The molecule has 1 unspecified atom stereocenters. The first kappa shape index (κ1) is 15.0. The Kier molecular flexibility index (Phi) is 5.18. The highest BCUT2D eigenvalue weighted by Crippen LogP contribution is 2.37. The summed E-state index contributed by atoms with van der Waals surface area (Å²) in [5.74, 6) is -0.00240.